The van der Waals surface area contributed by atoms with Gasteiger partial charge in [0.05, 0.1) is 23.8 Å². The summed E-state index contributed by atoms with van der Waals surface area (Å²) in [5.74, 6) is 1.30. The molecule has 0 amide bonds. The summed E-state index contributed by atoms with van der Waals surface area (Å²) in [6.07, 6.45) is 4.59. The smallest absolute Gasteiger partial charge is 0.254 e. The lowest BCUT2D eigenvalue weighted by molar-refractivity contribution is 0.231. The highest BCUT2D eigenvalue weighted by Gasteiger charge is 2.18. The Morgan fingerprint density at radius 1 is 1.45 bits per heavy atom. The largest absolute Gasteiger partial charge is 0.474 e. The van der Waals surface area contributed by atoms with Gasteiger partial charge in [-0.1, -0.05) is 11.8 Å². The molecule has 7 heteroatoms. The quantitative estimate of drug-likeness (QED) is 0.674. The van der Waals surface area contributed by atoms with Crippen molar-refractivity contribution in [2.75, 3.05) is 0 Å². The van der Waals surface area contributed by atoms with Crippen LogP contribution >= 0.6 is 11.8 Å². The van der Waals surface area contributed by atoms with E-state index in [2.05, 4.69) is 15.0 Å². The molecule has 0 aliphatic heterocycles. The second kappa shape index (κ2) is 6.16. The monoisotopic (exact) mass is 320 g/mol. The number of hydrogen-bond donors (Lipinski definition) is 1. The van der Waals surface area contributed by atoms with Crippen LogP contribution in [-0.4, -0.2) is 25.6 Å². The number of rotatable bonds is 5. The Morgan fingerprint density at radius 2 is 2.27 bits per heavy atom. The molecule has 1 aliphatic carbocycles. The normalized spacial score (nSPS) is 13.6. The van der Waals surface area contributed by atoms with E-state index in [4.69, 9.17) is 4.74 Å². The molecule has 0 unspecified atom stereocenters. The maximum Gasteiger partial charge on any atom is 0.254 e. The van der Waals surface area contributed by atoms with Gasteiger partial charge < -0.3 is 14.3 Å². The zero-order valence-corrected chi connectivity index (χ0v) is 13.9. The second-order valence-electron chi connectivity index (χ2n) is 5.71. The van der Waals surface area contributed by atoms with Gasteiger partial charge in [-0.25, -0.2) is 9.97 Å². The van der Waals surface area contributed by atoms with Crippen LogP contribution in [-0.2, 0) is 25.6 Å². The van der Waals surface area contributed by atoms with Gasteiger partial charge in [0, 0.05) is 18.4 Å². The average Bonchev–Trinajstić information content (AvgIpc) is 3.04. The first-order valence-electron chi connectivity index (χ1n) is 7.46. The van der Waals surface area contributed by atoms with Crippen molar-refractivity contribution in [1.29, 1.82) is 0 Å². The summed E-state index contributed by atoms with van der Waals surface area (Å²) in [6, 6.07) is 0. The van der Waals surface area contributed by atoms with Crippen molar-refractivity contribution in [3.8, 4) is 5.88 Å². The average molecular weight is 320 g/mol. The van der Waals surface area contributed by atoms with Crippen LogP contribution in [0.25, 0.3) is 0 Å². The van der Waals surface area contributed by atoms with Gasteiger partial charge in [-0.2, -0.15) is 0 Å². The number of H-pyrrole nitrogens is 1. The Morgan fingerprint density at radius 3 is 3.05 bits per heavy atom. The van der Waals surface area contributed by atoms with E-state index in [9.17, 15) is 4.79 Å². The molecule has 0 fully saturated rings. The molecule has 2 heterocycles. The van der Waals surface area contributed by atoms with Gasteiger partial charge in [0.25, 0.3) is 5.56 Å². The Bertz CT molecular complexity index is 736. The maximum atomic E-state index is 12.0. The highest BCUT2D eigenvalue weighted by atomic mass is 32.2. The fraction of sp³-hybridized carbons (Fsp3) is 0.533. The Balaban J connectivity index is 1.77. The Labute approximate surface area is 133 Å². The molecule has 1 aliphatic rings. The number of hydrogen-bond acceptors (Lipinski definition) is 5. The lowest BCUT2D eigenvalue weighted by Crippen LogP contribution is -2.15. The molecule has 118 valence electrons. The summed E-state index contributed by atoms with van der Waals surface area (Å²) in [5.41, 5.74) is 2.80. The first-order chi connectivity index (χ1) is 10.5. The third kappa shape index (κ3) is 3.04. The van der Waals surface area contributed by atoms with E-state index in [0.29, 0.717) is 16.8 Å². The van der Waals surface area contributed by atoms with Crippen LogP contribution in [0.2, 0.25) is 0 Å². The van der Waals surface area contributed by atoms with Crippen molar-refractivity contribution in [2.24, 2.45) is 7.05 Å². The Hall–Kier alpha value is -1.76. The van der Waals surface area contributed by atoms with Crippen molar-refractivity contribution in [3.05, 3.63) is 33.6 Å². The van der Waals surface area contributed by atoms with Gasteiger partial charge in [0.2, 0.25) is 5.88 Å². The molecule has 3 rings (SSSR count). The number of nitrogens with one attached hydrogen (secondary N) is 1. The van der Waals surface area contributed by atoms with E-state index in [0.717, 1.165) is 36.2 Å². The highest BCUT2D eigenvalue weighted by Crippen LogP contribution is 2.26. The van der Waals surface area contributed by atoms with Crippen molar-refractivity contribution in [3.63, 3.8) is 0 Å². The molecule has 0 atom stereocenters. The molecule has 0 spiro atoms. The van der Waals surface area contributed by atoms with E-state index in [1.807, 2.05) is 25.5 Å². The molecular formula is C15H20N4O2S. The van der Waals surface area contributed by atoms with Crippen LogP contribution in [0.1, 0.15) is 37.2 Å². The van der Waals surface area contributed by atoms with Gasteiger partial charge in [0.15, 0.2) is 5.16 Å². The van der Waals surface area contributed by atoms with Gasteiger partial charge in [-0.15, -0.1) is 0 Å². The minimum atomic E-state index is 0.00802. The number of aryl methyl sites for hydroxylation is 2. The first-order valence-corrected chi connectivity index (χ1v) is 8.45. The van der Waals surface area contributed by atoms with Crippen molar-refractivity contribution in [2.45, 2.75) is 50.1 Å². The molecule has 2 aromatic heterocycles. The fourth-order valence-electron chi connectivity index (χ4n) is 2.54. The molecule has 0 saturated carbocycles. The fourth-order valence-corrected chi connectivity index (χ4v) is 3.48. The molecule has 2 aromatic rings. The van der Waals surface area contributed by atoms with Crippen LogP contribution in [0, 0.1) is 0 Å². The van der Waals surface area contributed by atoms with Crippen LogP contribution in [0.3, 0.4) is 0 Å². The van der Waals surface area contributed by atoms with Crippen molar-refractivity contribution in [1.82, 2.24) is 19.5 Å². The number of ether oxygens (including phenoxy) is 1. The minimum Gasteiger partial charge on any atom is -0.474 e. The summed E-state index contributed by atoms with van der Waals surface area (Å²) in [7, 11) is 1.94. The SMILES string of the molecule is CC(C)Oc1ncn(C)c1CSc1nc2c(c(=O)[nH]1)CCC2. The van der Waals surface area contributed by atoms with E-state index >= 15 is 0 Å². The van der Waals surface area contributed by atoms with Gasteiger partial charge in [-0.3, -0.25) is 4.79 Å². The Kier molecular flexibility index (Phi) is 4.24. The van der Waals surface area contributed by atoms with Crippen LogP contribution in [0.5, 0.6) is 5.88 Å². The lowest BCUT2D eigenvalue weighted by Gasteiger charge is -2.10. The predicted molar refractivity (Wildman–Crippen MR) is 85.4 cm³/mol. The van der Waals surface area contributed by atoms with E-state index in [1.165, 1.54) is 11.8 Å². The van der Waals surface area contributed by atoms with Crippen LogP contribution < -0.4 is 10.3 Å². The predicted octanol–water partition coefficient (Wildman–Crippen LogP) is 2.07. The van der Waals surface area contributed by atoms with Gasteiger partial charge in [0.1, 0.15) is 0 Å². The number of imidazole rings is 1. The number of aromatic amines is 1. The highest BCUT2D eigenvalue weighted by molar-refractivity contribution is 7.98. The minimum absolute atomic E-state index is 0.00802. The molecule has 22 heavy (non-hydrogen) atoms. The zero-order chi connectivity index (χ0) is 15.7. The molecule has 0 aromatic carbocycles. The maximum absolute atomic E-state index is 12.0. The van der Waals surface area contributed by atoms with Gasteiger partial charge in [-0.05, 0) is 33.1 Å². The van der Waals surface area contributed by atoms with E-state index in [1.54, 1.807) is 6.33 Å². The van der Waals surface area contributed by atoms with E-state index < -0.39 is 0 Å². The van der Waals surface area contributed by atoms with Crippen molar-refractivity contribution >= 4 is 11.8 Å². The number of thioether (sulfide) groups is 1. The number of aromatic nitrogens is 4. The van der Waals surface area contributed by atoms with Crippen molar-refractivity contribution < 1.29 is 4.74 Å². The molecular weight excluding hydrogens is 300 g/mol. The molecule has 0 bridgehead atoms. The number of nitrogens with zero attached hydrogens (tertiary/aromatic N) is 3. The second-order valence-corrected chi connectivity index (χ2v) is 6.68. The third-order valence-electron chi connectivity index (χ3n) is 3.63. The molecule has 0 radical (unpaired) electrons. The van der Waals surface area contributed by atoms with Crippen LogP contribution in [0.4, 0.5) is 0 Å². The standard InChI is InChI=1S/C15H20N4O2S/c1-9(2)21-14-12(19(3)8-16-14)7-22-15-17-11-6-4-5-10(11)13(20)18-15/h8-9H,4-7H2,1-3H3,(H,17,18,20). The molecule has 1 N–H and O–H groups in total. The topological polar surface area (TPSA) is 72.8 Å². The third-order valence-corrected chi connectivity index (χ3v) is 4.52. The lowest BCUT2D eigenvalue weighted by atomic mass is 10.3. The molecule has 0 saturated heterocycles. The summed E-state index contributed by atoms with van der Waals surface area (Å²) >= 11 is 1.51. The summed E-state index contributed by atoms with van der Waals surface area (Å²) in [6.45, 7) is 3.95. The summed E-state index contributed by atoms with van der Waals surface area (Å²) in [5, 5.41) is 0.669. The molecule has 6 nitrogen and oxygen atoms in total. The first kappa shape index (κ1) is 15.1. The van der Waals surface area contributed by atoms with Gasteiger partial charge >= 0.3 is 0 Å². The summed E-state index contributed by atoms with van der Waals surface area (Å²) < 4.78 is 7.66. The summed E-state index contributed by atoms with van der Waals surface area (Å²) in [4.78, 5) is 23.7. The van der Waals surface area contributed by atoms with Crippen LogP contribution in [0.15, 0.2) is 16.3 Å². The number of fused-ring (bicyclic) bond motifs is 1. The van der Waals surface area contributed by atoms with E-state index in [-0.39, 0.29) is 11.7 Å². The zero-order valence-electron chi connectivity index (χ0n) is 13.0.